The van der Waals surface area contributed by atoms with E-state index in [9.17, 15) is 0 Å². The molecule has 2 heteroatoms. The van der Waals surface area contributed by atoms with Gasteiger partial charge in [-0.25, -0.2) is 0 Å². The Balaban J connectivity index is 2.96. The molecule has 0 heterocycles. The molecule has 17 heavy (non-hydrogen) atoms. The van der Waals surface area contributed by atoms with Crippen molar-refractivity contribution in [2.24, 2.45) is 0 Å². The zero-order valence-electron chi connectivity index (χ0n) is 11.7. The number of rotatable bonds is 13. The molecule has 0 aliphatic rings. The number of ether oxygens (including phenoxy) is 2. The Morgan fingerprint density at radius 3 is 2.29 bits per heavy atom. The van der Waals surface area contributed by atoms with Gasteiger partial charge in [0.2, 0.25) is 0 Å². The zero-order valence-corrected chi connectivity index (χ0v) is 11.7. The fourth-order valence-corrected chi connectivity index (χ4v) is 1.55. The van der Waals surface area contributed by atoms with Crippen LogP contribution < -0.4 is 0 Å². The molecule has 0 atom stereocenters. The molecule has 0 N–H and O–H groups in total. The first-order valence-electron chi connectivity index (χ1n) is 7.22. The molecule has 102 valence electrons. The third-order valence-corrected chi connectivity index (χ3v) is 2.66. The minimum atomic E-state index is 0.436. The van der Waals surface area contributed by atoms with E-state index in [4.69, 9.17) is 9.47 Å². The SMILES string of the molecule is CCCC/C=C\COCOCCCCCCC. The molecule has 0 amide bonds. The van der Waals surface area contributed by atoms with Gasteiger partial charge in [0.1, 0.15) is 6.79 Å². The summed E-state index contributed by atoms with van der Waals surface area (Å²) in [5, 5.41) is 0. The first kappa shape index (κ1) is 16.7. The van der Waals surface area contributed by atoms with Crippen molar-refractivity contribution in [3.05, 3.63) is 12.2 Å². The Bertz CT molecular complexity index is 155. The highest BCUT2D eigenvalue weighted by atomic mass is 16.7. The molecule has 0 aliphatic carbocycles. The van der Waals surface area contributed by atoms with Gasteiger partial charge in [0.05, 0.1) is 6.61 Å². The summed E-state index contributed by atoms with van der Waals surface area (Å²) >= 11 is 0. The number of allylic oxidation sites excluding steroid dienone is 1. The Labute approximate surface area is 107 Å². The van der Waals surface area contributed by atoms with Gasteiger partial charge in [-0.05, 0) is 12.8 Å². The molecule has 0 aromatic carbocycles. The van der Waals surface area contributed by atoms with Crippen LogP contribution in [-0.2, 0) is 9.47 Å². The van der Waals surface area contributed by atoms with E-state index in [-0.39, 0.29) is 0 Å². The van der Waals surface area contributed by atoms with Gasteiger partial charge < -0.3 is 9.47 Å². The molecule has 0 spiro atoms. The van der Waals surface area contributed by atoms with Crippen molar-refractivity contribution >= 4 is 0 Å². The predicted molar refractivity (Wildman–Crippen MR) is 74.2 cm³/mol. The number of hydrogen-bond acceptors (Lipinski definition) is 2. The van der Waals surface area contributed by atoms with Gasteiger partial charge >= 0.3 is 0 Å². The third kappa shape index (κ3) is 15.7. The summed E-state index contributed by atoms with van der Waals surface area (Å²) in [6.45, 7) is 6.39. The highest BCUT2D eigenvalue weighted by molar-refractivity contribution is 4.80. The summed E-state index contributed by atoms with van der Waals surface area (Å²) in [7, 11) is 0. The first-order valence-corrected chi connectivity index (χ1v) is 7.22. The molecule has 0 bridgehead atoms. The van der Waals surface area contributed by atoms with Crippen molar-refractivity contribution in [2.75, 3.05) is 20.0 Å². The molecule has 0 saturated carbocycles. The summed E-state index contributed by atoms with van der Waals surface area (Å²) in [6.07, 6.45) is 14.4. The van der Waals surface area contributed by atoms with Crippen LogP contribution in [0.15, 0.2) is 12.2 Å². The lowest BCUT2D eigenvalue weighted by molar-refractivity contribution is -0.0449. The lowest BCUT2D eigenvalue weighted by Crippen LogP contribution is -2.01. The van der Waals surface area contributed by atoms with E-state index in [0.29, 0.717) is 13.4 Å². The lowest BCUT2D eigenvalue weighted by Gasteiger charge is -2.03. The maximum Gasteiger partial charge on any atom is 0.147 e. The third-order valence-electron chi connectivity index (χ3n) is 2.66. The predicted octanol–water partition coefficient (Wildman–Crippen LogP) is 4.69. The normalized spacial score (nSPS) is 11.4. The van der Waals surface area contributed by atoms with Crippen LogP contribution in [0.25, 0.3) is 0 Å². The van der Waals surface area contributed by atoms with Crippen LogP contribution in [0.1, 0.15) is 65.2 Å². The number of unbranched alkanes of at least 4 members (excludes halogenated alkanes) is 6. The number of hydrogen-bond donors (Lipinski definition) is 0. The van der Waals surface area contributed by atoms with Crippen molar-refractivity contribution in [1.82, 2.24) is 0 Å². The summed E-state index contributed by atoms with van der Waals surface area (Å²) in [4.78, 5) is 0. The standard InChI is InChI=1S/C15H30O2/c1-3-5-7-9-11-13-16-15-17-14-12-10-8-6-4-2/h9,11H,3-8,10,12-15H2,1-2H3/b11-9-. The van der Waals surface area contributed by atoms with Crippen molar-refractivity contribution < 1.29 is 9.47 Å². The summed E-state index contributed by atoms with van der Waals surface area (Å²) < 4.78 is 10.7. The molecule has 2 nitrogen and oxygen atoms in total. The largest absolute Gasteiger partial charge is 0.355 e. The van der Waals surface area contributed by atoms with E-state index in [1.807, 2.05) is 0 Å². The van der Waals surface area contributed by atoms with Gasteiger partial charge in [-0.15, -0.1) is 0 Å². The van der Waals surface area contributed by atoms with Gasteiger partial charge in [0, 0.05) is 6.61 Å². The quantitative estimate of drug-likeness (QED) is 0.265. The minimum absolute atomic E-state index is 0.436. The second-order valence-electron chi connectivity index (χ2n) is 4.42. The van der Waals surface area contributed by atoms with E-state index in [1.165, 1.54) is 38.5 Å². The molecule has 0 unspecified atom stereocenters. The molecular formula is C15H30O2. The van der Waals surface area contributed by atoms with E-state index in [1.54, 1.807) is 0 Å². The maximum atomic E-state index is 5.39. The average Bonchev–Trinajstić information content (AvgIpc) is 2.35. The Hall–Kier alpha value is -0.340. The van der Waals surface area contributed by atoms with Crippen LogP contribution in [0, 0.1) is 0 Å². The van der Waals surface area contributed by atoms with Gasteiger partial charge in [-0.2, -0.15) is 0 Å². The molecule has 0 rings (SSSR count). The zero-order chi connectivity index (χ0) is 12.6. The van der Waals surface area contributed by atoms with Gasteiger partial charge in [0.15, 0.2) is 0 Å². The van der Waals surface area contributed by atoms with Crippen molar-refractivity contribution in [2.45, 2.75) is 65.2 Å². The molecule has 0 saturated heterocycles. The topological polar surface area (TPSA) is 18.5 Å². The molecule has 0 radical (unpaired) electrons. The van der Waals surface area contributed by atoms with Crippen LogP contribution in [0.3, 0.4) is 0 Å². The smallest absolute Gasteiger partial charge is 0.147 e. The second kappa shape index (κ2) is 15.7. The van der Waals surface area contributed by atoms with Gasteiger partial charge in [-0.1, -0.05) is 64.5 Å². The van der Waals surface area contributed by atoms with Crippen LogP contribution in [0.2, 0.25) is 0 Å². The van der Waals surface area contributed by atoms with Crippen LogP contribution in [0.4, 0.5) is 0 Å². The molecule has 0 aromatic heterocycles. The maximum absolute atomic E-state index is 5.39. The van der Waals surface area contributed by atoms with Crippen molar-refractivity contribution in [3.63, 3.8) is 0 Å². The van der Waals surface area contributed by atoms with Crippen molar-refractivity contribution in [1.29, 1.82) is 0 Å². The highest BCUT2D eigenvalue weighted by Crippen LogP contribution is 2.02. The molecular weight excluding hydrogens is 212 g/mol. The summed E-state index contributed by atoms with van der Waals surface area (Å²) in [6, 6.07) is 0. The van der Waals surface area contributed by atoms with Gasteiger partial charge in [0.25, 0.3) is 0 Å². The van der Waals surface area contributed by atoms with Crippen molar-refractivity contribution in [3.8, 4) is 0 Å². The fourth-order valence-electron chi connectivity index (χ4n) is 1.55. The molecule has 0 aromatic rings. The first-order chi connectivity index (χ1) is 8.41. The summed E-state index contributed by atoms with van der Waals surface area (Å²) in [5.41, 5.74) is 0. The highest BCUT2D eigenvalue weighted by Gasteiger charge is 1.90. The molecule has 0 fully saturated rings. The summed E-state index contributed by atoms with van der Waals surface area (Å²) in [5.74, 6) is 0. The fraction of sp³-hybridized carbons (Fsp3) is 0.867. The van der Waals surface area contributed by atoms with E-state index >= 15 is 0 Å². The van der Waals surface area contributed by atoms with Crippen LogP contribution in [0.5, 0.6) is 0 Å². The Morgan fingerprint density at radius 2 is 1.53 bits per heavy atom. The van der Waals surface area contributed by atoms with Crippen LogP contribution >= 0.6 is 0 Å². The van der Waals surface area contributed by atoms with E-state index in [0.717, 1.165) is 19.4 Å². The minimum Gasteiger partial charge on any atom is -0.355 e. The monoisotopic (exact) mass is 242 g/mol. The van der Waals surface area contributed by atoms with Gasteiger partial charge in [-0.3, -0.25) is 0 Å². The Morgan fingerprint density at radius 1 is 0.765 bits per heavy atom. The van der Waals surface area contributed by atoms with E-state index in [2.05, 4.69) is 26.0 Å². The molecule has 0 aliphatic heterocycles. The van der Waals surface area contributed by atoms with E-state index < -0.39 is 0 Å². The Kier molecular flexibility index (Phi) is 15.3. The second-order valence-corrected chi connectivity index (χ2v) is 4.42. The average molecular weight is 242 g/mol. The lowest BCUT2D eigenvalue weighted by atomic mass is 10.2. The van der Waals surface area contributed by atoms with Crippen LogP contribution in [-0.4, -0.2) is 20.0 Å².